The number of nitrogens with one attached hydrogen (secondary N) is 2. The van der Waals surface area contributed by atoms with Crippen LogP contribution in [0.15, 0.2) is 11.8 Å². The summed E-state index contributed by atoms with van der Waals surface area (Å²) in [7, 11) is 6.24. The molecule has 41 heavy (non-hydrogen) atoms. The SMILES string of the molecule is CN(C)CCCNC1C(F)CC2C(=O)C(C(=O)NCCC3CCCN3C)=CN3C4CC5CCCCC5CC4OC1C23. The fourth-order valence-electron chi connectivity index (χ4n) is 9.15. The third-order valence-electron chi connectivity index (χ3n) is 11.3. The number of hydrogen-bond acceptors (Lipinski definition) is 7. The van der Waals surface area contributed by atoms with Crippen LogP contribution in [0.25, 0.3) is 0 Å². The van der Waals surface area contributed by atoms with E-state index in [0.29, 0.717) is 31.0 Å². The monoisotopic (exact) mass is 573 g/mol. The highest BCUT2D eigenvalue weighted by Crippen LogP contribution is 2.50. The Balaban J connectivity index is 1.23. The van der Waals surface area contributed by atoms with Gasteiger partial charge in [-0.3, -0.25) is 9.59 Å². The first-order valence-electron chi connectivity index (χ1n) is 16.5. The van der Waals surface area contributed by atoms with E-state index in [-0.39, 0.29) is 41.9 Å². The molecule has 3 saturated carbocycles. The first-order chi connectivity index (χ1) is 19.8. The number of carbonyl (C=O) groups is 2. The molecule has 0 aromatic rings. The van der Waals surface area contributed by atoms with Crippen LogP contribution in [0, 0.1) is 17.8 Å². The summed E-state index contributed by atoms with van der Waals surface area (Å²) < 4.78 is 22.8. The minimum Gasteiger partial charge on any atom is -0.369 e. The molecule has 0 spiro atoms. The summed E-state index contributed by atoms with van der Waals surface area (Å²) in [6.45, 7) is 3.31. The minimum atomic E-state index is -1.19. The number of alkyl halides is 1. The quantitative estimate of drug-likeness (QED) is 0.325. The molecule has 3 heterocycles. The van der Waals surface area contributed by atoms with E-state index < -0.39 is 24.2 Å². The van der Waals surface area contributed by atoms with Gasteiger partial charge in [-0.15, -0.1) is 0 Å². The third kappa shape index (κ3) is 5.98. The Morgan fingerprint density at radius 2 is 1.88 bits per heavy atom. The Labute approximate surface area is 245 Å². The molecule has 0 radical (unpaired) electrons. The van der Waals surface area contributed by atoms with E-state index in [1.165, 1.54) is 32.1 Å². The van der Waals surface area contributed by atoms with Gasteiger partial charge in [-0.25, -0.2) is 4.39 Å². The van der Waals surface area contributed by atoms with Crippen molar-refractivity contribution in [3.63, 3.8) is 0 Å². The number of halogens is 1. The van der Waals surface area contributed by atoms with Gasteiger partial charge in [0.05, 0.1) is 35.9 Å². The van der Waals surface area contributed by atoms with Gasteiger partial charge in [0.2, 0.25) is 0 Å². The summed E-state index contributed by atoms with van der Waals surface area (Å²) in [6, 6.07) is -0.0292. The molecule has 2 saturated heterocycles. The number of Topliss-reactive ketones (excluding diaryl/α,β-unsaturated/α-hetero) is 1. The van der Waals surface area contributed by atoms with Crippen molar-refractivity contribution in [1.82, 2.24) is 25.3 Å². The number of amides is 1. The Bertz CT molecular complexity index is 992. The summed E-state index contributed by atoms with van der Waals surface area (Å²) in [5.41, 5.74) is 0.223. The van der Waals surface area contributed by atoms with Gasteiger partial charge in [0, 0.05) is 24.7 Å². The van der Waals surface area contributed by atoms with Gasteiger partial charge in [-0.2, -0.15) is 0 Å². The molecule has 2 N–H and O–H groups in total. The molecular weight excluding hydrogens is 521 g/mol. The Morgan fingerprint density at radius 1 is 1.10 bits per heavy atom. The maximum atomic E-state index is 16.0. The normalized spacial score (nSPS) is 40.6. The standard InChI is InChI=1S/C32H52FN5O3/c1-36(2)14-7-12-34-28-25(33)18-23-29-31(28)41-27-17-21-9-5-4-8-20(21)16-26(27)38(29)19-24(30(23)39)32(40)35-13-11-22-10-6-15-37(22)3/h19-23,25-29,31,34H,4-18H2,1-3H3,(H,35,40). The van der Waals surface area contributed by atoms with E-state index in [1.807, 2.05) is 20.3 Å². The average molecular weight is 574 g/mol. The maximum absolute atomic E-state index is 16.0. The molecule has 3 aliphatic heterocycles. The highest BCUT2D eigenvalue weighted by atomic mass is 19.1. The van der Waals surface area contributed by atoms with Crippen molar-refractivity contribution in [3.8, 4) is 0 Å². The lowest BCUT2D eigenvalue weighted by atomic mass is 9.65. The second kappa shape index (κ2) is 12.6. The average Bonchev–Trinajstić information content (AvgIpc) is 3.36. The molecule has 0 aromatic carbocycles. The second-order valence-corrected chi connectivity index (χ2v) is 14.1. The predicted molar refractivity (Wildman–Crippen MR) is 157 cm³/mol. The minimum absolute atomic E-state index is 0.0132. The van der Waals surface area contributed by atoms with Crippen molar-refractivity contribution in [2.75, 3.05) is 47.3 Å². The number of hydrogen-bond donors (Lipinski definition) is 2. The number of ketones is 1. The zero-order valence-corrected chi connectivity index (χ0v) is 25.4. The van der Waals surface area contributed by atoms with Crippen LogP contribution in [0.3, 0.4) is 0 Å². The lowest BCUT2D eigenvalue weighted by molar-refractivity contribution is -0.208. The van der Waals surface area contributed by atoms with Gasteiger partial charge < -0.3 is 30.1 Å². The van der Waals surface area contributed by atoms with Gasteiger partial charge in [-0.05, 0) is 97.6 Å². The van der Waals surface area contributed by atoms with Crippen LogP contribution in [0.2, 0.25) is 0 Å². The topological polar surface area (TPSA) is 77.2 Å². The summed E-state index contributed by atoms with van der Waals surface area (Å²) >= 11 is 0. The number of nitrogens with zero attached hydrogens (tertiary/aromatic N) is 3. The fraction of sp³-hybridized carbons (Fsp3) is 0.875. The van der Waals surface area contributed by atoms with Crippen LogP contribution < -0.4 is 10.6 Å². The van der Waals surface area contributed by atoms with E-state index in [1.54, 1.807) is 0 Å². The highest BCUT2D eigenvalue weighted by Gasteiger charge is 2.59. The molecule has 8 nitrogen and oxygen atoms in total. The number of carbonyl (C=O) groups excluding carboxylic acids is 2. The van der Waals surface area contributed by atoms with Gasteiger partial charge >= 0.3 is 0 Å². The highest BCUT2D eigenvalue weighted by molar-refractivity contribution is 6.20. The van der Waals surface area contributed by atoms with Crippen molar-refractivity contribution in [1.29, 1.82) is 0 Å². The fourth-order valence-corrected chi connectivity index (χ4v) is 9.15. The molecule has 6 aliphatic rings. The molecule has 6 rings (SSSR count). The van der Waals surface area contributed by atoms with Gasteiger partial charge in [0.15, 0.2) is 5.78 Å². The van der Waals surface area contributed by atoms with E-state index in [0.717, 1.165) is 45.2 Å². The number of ether oxygens (including phenoxy) is 1. The Kier molecular flexibility index (Phi) is 9.06. The first-order valence-corrected chi connectivity index (χ1v) is 16.5. The Morgan fingerprint density at radius 3 is 2.61 bits per heavy atom. The van der Waals surface area contributed by atoms with E-state index >= 15 is 4.39 Å². The lowest BCUT2D eigenvalue weighted by Gasteiger charge is -2.61. The third-order valence-corrected chi connectivity index (χ3v) is 11.3. The van der Waals surface area contributed by atoms with E-state index in [4.69, 9.17) is 4.74 Å². The molecule has 10 unspecified atom stereocenters. The van der Waals surface area contributed by atoms with Crippen molar-refractivity contribution >= 4 is 11.7 Å². The second-order valence-electron chi connectivity index (χ2n) is 14.1. The Hall–Kier alpha value is -1.55. The number of likely N-dealkylation sites (tertiary alicyclic amines) is 1. The summed E-state index contributed by atoms with van der Waals surface area (Å²) in [5.74, 6) is 0.299. The van der Waals surface area contributed by atoms with Gasteiger partial charge in [-0.1, -0.05) is 25.7 Å². The van der Waals surface area contributed by atoms with Crippen LogP contribution >= 0.6 is 0 Å². The van der Waals surface area contributed by atoms with Crippen LogP contribution in [-0.4, -0.2) is 116 Å². The molecule has 3 aliphatic carbocycles. The van der Waals surface area contributed by atoms with Crippen molar-refractivity contribution < 1.29 is 18.7 Å². The largest absolute Gasteiger partial charge is 0.369 e. The lowest BCUT2D eigenvalue weighted by Crippen LogP contribution is -2.73. The molecule has 5 fully saturated rings. The summed E-state index contributed by atoms with van der Waals surface area (Å²) in [5, 5.41) is 6.56. The van der Waals surface area contributed by atoms with E-state index in [2.05, 4.69) is 32.4 Å². The van der Waals surface area contributed by atoms with Crippen molar-refractivity contribution in [2.45, 2.75) is 113 Å². The molecular formula is C32H52FN5O3. The molecule has 230 valence electrons. The van der Waals surface area contributed by atoms with Crippen LogP contribution in [0.5, 0.6) is 0 Å². The number of morpholine rings is 1. The predicted octanol–water partition coefficient (Wildman–Crippen LogP) is 2.73. The zero-order chi connectivity index (χ0) is 28.7. The van der Waals surface area contributed by atoms with Crippen molar-refractivity contribution in [3.05, 3.63) is 11.8 Å². The van der Waals surface area contributed by atoms with Crippen LogP contribution in [0.4, 0.5) is 4.39 Å². The summed E-state index contributed by atoms with van der Waals surface area (Å²) in [6.07, 6.45) is 11.7. The summed E-state index contributed by atoms with van der Waals surface area (Å²) in [4.78, 5) is 34.2. The number of rotatable bonds is 9. The van der Waals surface area contributed by atoms with Gasteiger partial charge in [0.1, 0.15) is 6.17 Å². The molecule has 9 heteroatoms. The number of fused-ring (bicyclic) bond motifs is 3. The molecule has 10 atom stereocenters. The van der Waals surface area contributed by atoms with Crippen molar-refractivity contribution in [2.24, 2.45) is 17.8 Å². The molecule has 1 amide bonds. The maximum Gasteiger partial charge on any atom is 0.256 e. The van der Waals surface area contributed by atoms with E-state index in [9.17, 15) is 9.59 Å². The molecule has 0 bridgehead atoms. The van der Waals surface area contributed by atoms with Crippen LogP contribution in [0.1, 0.15) is 70.6 Å². The first kappa shape index (κ1) is 29.5. The molecule has 0 aromatic heterocycles. The van der Waals surface area contributed by atoms with Crippen LogP contribution in [-0.2, 0) is 14.3 Å². The zero-order valence-electron chi connectivity index (χ0n) is 25.4. The van der Waals surface area contributed by atoms with Gasteiger partial charge in [0.25, 0.3) is 5.91 Å². The smallest absolute Gasteiger partial charge is 0.256 e.